The summed E-state index contributed by atoms with van der Waals surface area (Å²) >= 11 is 7.88. The van der Waals surface area contributed by atoms with Crippen molar-refractivity contribution in [3.8, 4) is 0 Å². The molecule has 2 aromatic rings. The second kappa shape index (κ2) is 13.3. The van der Waals surface area contributed by atoms with Crippen molar-refractivity contribution in [1.82, 2.24) is 9.62 Å². The van der Waals surface area contributed by atoms with Gasteiger partial charge in [0.25, 0.3) is 15.9 Å². The molecule has 2 heterocycles. The standard InChI is InChI=1S/C27H34ClF2N3O5S2/c1-27(10-3-4-12-38-27)26(34)32-40(35,36)22-13-23(28)25(24(30)14-22)31-19(9-11-33-15-20(16-33)37-2)17-39-21-7-5-18(29)6-8-21/h5-8,13-14,19-20,31H,3-4,9-12,15-17H2,1-2H3,(H,32,34)/t19-,27-/m1/s1. The predicted octanol–water partition coefficient (Wildman–Crippen LogP) is 4.68. The summed E-state index contributed by atoms with van der Waals surface area (Å²) in [5.41, 5.74) is -1.30. The Balaban J connectivity index is 1.46. The van der Waals surface area contributed by atoms with Crippen molar-refractivity contribution in [1.29, 1.82) is 0 Å². The summed E-state index contributed by atoms with van der Waals surface area (Å²) in [7, 11) is -2.72. The van der Waals surface area contributed by atoms with E-state index < -0.39 is 32.2 Å². The molecular formula is C27H34ClF2N3O5S2. The number of anilines is 1. The van der Waals surface area contributed by atoms with Crippen LogP contribution in [-0.4, -0.2) is 76.1 Å². The van der Waals surface area contributed by atoms with E-state index in [-0.39, 0.29) is 28.7 Å². The first-order valence-corrected chi connectivity index (χ1v) is 15.9. The fraction of sp³-hybridized carbons (Fsp3) is 0.519. The molecule has 220 valence electrons. The number of carbonyl (C=O) groups is 1. The first kappa shape index (κ1) is 31.0. The predicted molar refractivity (Wildman–Crippen MR) is 151 cm³/mol. The van der Waals surface area contributed by atoms with Crippen molar-refractivity contribution in [2.24, 2.45) is 0 Å². The smallest absolute Gasteiger partial charge is 0.265 e. The molecule has 0 aromatic heterocycles. The summed E-state index contributed by atoms with van der Waals surface area (Å²) in [6.07, 6.45) is 2.76. The molecule has 8 nitrogen and oxygen atoms in total. The van der Waals surface area contributed by atoms with E-state index >= 15 is 4.39 Å². The number of hydrogen-bond donors (Lipinski definition) is 2. The number of hydrogen-bond acceptors (Lipinski definition) is 8. The fourth-order valence-electron chi connectivity index (χ4n) is 4.57. The molecule has 0 unspecified atom stereocenters. The minimum absolute atomic E-state index is 0.0300. The molecule has 2 atom stereocenters. The second-order valence-corrected chi connectivity index (χ2v) is 13.4. The lowest BCUT2D eigenvalue weighted by Crippen LogP contribution is -2.52. The highest BCUT2D eigenvalue weighted by molar-refractivity contribution is 7.99. The summed E-state index contributed by atoms with van der Waals surface area (Å²) in [6, 6.07) is 7.84. The Bertz CT molecular complexity index is 1260. The quantitative estimate of drug-likeness (QED) is 0.332. The van der Waals surface area contributed by atoms with Crippen LogP contribution < -0.4 is 10.0 Å². The zero-order valence-corrected chi connectivity index (χ0v) is 24.8. The van der Waals surface area contributed by atoms with Gasteiger partial charge < -0.3 is 14.8 Å². The average Bonchev–Trinajstić information content (AvgIpc) is 2.89. The van der Waals surface area contributed by atoms with Crippen molar-refractivity contribution < 1.29 is 31.5 Å². The van der Waals surface area contributed by atoms with Crippen molar-refractivity contribution in [3.05, 3.63) is 53.1 Å². The molecular weight excluding hydrogens is 584 g/mol. The second-order valence-electron chi connectivity index (χ2n) is 10.2. The number of rotatable bonds is 12. The van der Waals surface area contributed by atoms with E-state index in [9.17, 15) is 17.6 Å². The van der Waals surface area contributed by atoms with Crippen LogP contribution in [0.2, 0.25) is 5.02 Å². The van der Waals surface area contributed by atoms with Crippen molar-refractivity contribution in [2.75, 3.05) is 44.4 Å². The van der Waals surface area contributed by atoms with Crippen LogP contribution in [0.1, 0.15) is 32.6 Å². The first-order valence-electron chi connectivity index (χ1n) is 13.1. The van der Waals surface area contributed by atoms with Gasteiger partial charge in [-0.15, -0.1) is 11.8 Å². The number of nitrogens with one attached hydrogen (secondary N) is 2. The molecule has 2 saturated heterocycles. The van der Waals surface area contributed by atoms with Crippen LogP contribution in [0.15, 0.2) is 46.2 Å². The maximum atomic E-state index is 15.3. The first-order chi connectivity index (χ1) is 19.0. The molecule has 2 aliphatic rings. The van der Waals surface area contributed by atoms with Crippen LogP contribution >= 0.6 is 23.4 Å². The summed E-state index contributed by atoms with van der Waals surface area (Å²) in [6.45, 7) is 4.26. The van der Waals surface area contributed by atoms with Crippen LogP contribution in [-0.2, 0) is 24.3 Å². The third-order valence-electron chi connectivity index (χ3n) is 7.17. The summed E-state index contributed by atoms with van der Waals surface area (Å²) < 4.78 is 67.4. The molecule has 1 amide bonds. The third kappa shape index (κ3) is 7.86. The number of sulfonamides is 1. The maximum absolute atomic E-state index is 15.3. The van der Waals surface area contributed by atoms with E-state index in [0.29, 0.717) is 25.2 Å². The van der Waals surface area contributed by atoms with E-state index in [4.69, 9.17) is 21.1 Å². The van der Waals surface area contributed by atoms with Gasteiger partial charge in [-0.3, -0.25) is 9.69 Å². The Hall–Kier alpha value is -1.96. The number of carbonyl (C=O) groups excluding carboxylic acids is 1. The number of thioether (sulfide) groups is 1. The average molecular weight is 618 g/mol. The molecule has 2 N–H and O–H groups in total. The van der Waals surface area contributed by atoms with E-state index in [0.717, 1.165) is 49.5 Å². The molecule has 0 radical (unpaired) electrons. The lowest BCUT2D eigenvalue weighted by Gasteiger charge is -2.39. The number of nitrogens with zero attached hydrogens (tertiary/aromatic N) is 1. The van der Waals surface area contributed by atoms with Crippen molar-refractivity contribution in [2.45, 2.75) is 60.1 Å². The summed E-state index contributed by atoms with van der Waals surface area (Å²) in [5, 5.41) is 3.01. The van der Waals surface area contributed by atoms with Gasteiger partial charge in [-0.25, -0.2) is 21.9 Å². The lowest BCUT2D eigenvalue weighted by molar-refractivity contribution is -0.148. The van der Waals surface area contributed by atoms with Crippen LogP contribution in [0.3, 0.4) is 0 Å². The molecule has 4 rings (SSSR count). The zero-order valence-electron chi connectivity index (χ0n) is 22.4. The van der Waals surface area contributed by atoms with Gasteiger partial charge in [0.05, 0.1) is 21.7 Å². The normalized spacial score (nSPS) is 21.0. The van der Waals surface area contributed by atoms with Gasteiger partial charge >= 0.3 is 0 Å². The molecule has 40 heavy (non-hydrogen) atoms. The monoisotopic (exact) mass is 617 g/mol. The van der Waals surface area contributed by atoms with E-state index in [1.54, 1.807) is 19.2 Å². The third-order valence-corrected chi connectivity index (χ3v) is 9.95. The van der Waals surface area contributed by atoms with Gasteiger partial charge in [-0.05, 0) is 69.0 Å². The number of halogens is 3. The van der Waals surface area contributed by atoms with Crippen molar-refractivity contribution in [3.63, 3.8) is 0 Å². The summed E-state index contributed by atoms with van der Waals surface area (Å²) in [4.78, 5) is 15.3. The molecule has 2 aromatic carbocycles. The van der Waals surface area contributed by atoms with Gasteiger partial charge in [-0.2, -0.15) is 0 Å². The van der Waals surface area contributed by atoms with Gasteiger partial charge in [0.15, 0.2) is 0 Å². The minimum Gasteiger partial charge on any atom is -0.379 e. The van der Waals surface area contributed by atoms with Gasteiger partial charge in [0.2, 0.25) is 0 Å². The number of amides is 1. The molecule has 0 spiro atoms. The van der Waals surface area contributed by atoms with Crippen molar-refractivity contribution >= 4 is 45.0 Å². The highest BCUT2D eigenvalue weighted by atomic mass is 35.5. The Kier molecular flexibility index (Phi) is 10.3. The zero-order chi connectivity index (χ0) is 28.9. The Labute approximate surface area is 243 Å². The molecule has 13 heteroatoms. The van der Waals surface area contributed by atoms with Crippen LogP contribution in [0, 0.1) is 11.6 Å². The molecule has 2 aliphatic heterocycles. The Morgan fingerprint density at radius 3 is 2.60 bits per heavy atom. The Morgan fingerprint density at radius 2 is 1.98 bits per heavy atom. The maximum Gasteiger partial charge on any atom is 0.265 e. The van der Waals surface area contributed by atoms with Gasteiger partial charge in [0, 0.05) is 50.0 Å². The lowest BCUT2D eigenvalue weighted by atomic mass is 9.95. The van der Waals surface area contributed by atoms with Gasteiger partial charge in [0.1, 0.15) is 17.2 Å². The molecule has 2 fully saturated rings. The van der Waals surface area contributed by atoms with E-state index in [2.05, 4.69) is 10.2 Å². The topological polar surface area (TPSA) is 97.0 Å². The van der Waals surface area contributed by atoms with Crippen LogP contribution in [0.4, 0.5) is 14.5 Å². The molecule has 0 aliphatic carbocycles. The van der Waals surface area contributed by atoms with Crippen LogP contribution in [0.25, 0.3) is 0 Å². The largest absolute Gasteiger partial charge is 0.379 e. The number of likely N-dealkylation sites (tertiary alicyclic amines) is 1. The van der Waals surface area contributed by atoms with E-state index in [1.807, 2.05) is 4.72 Å². The molecule has 0 saturated carbocycles. The highest BCUT2D eigenvalue weighted by Gasteiger charge is 2.38. The summed E-state index contributed by atoms with van der Waals surface area (Å²) in [5.74, 6) is -1.46. The highest BCUT2D eigenvalue weighted by Crippen LogP contribution is 2.32. The minimum atomic E-state index is -4.40. The Morgan fingerprint density at radius 1 is 1.25 bits per heavy atom. The van der Waals surface area contributed by atoms with Crippen LogP contribution in [0.5, 0.6) is 0 Å². The SMILES string of the molecule is COC1CN(CC[C@H](CSc2ccc(F)cc2)Nc2c(F)cc(S(=O)(=O)NC(=O)[C@@]3(C)CCCCO3)cc2Cl)C1. The van der Waals surface area contributed by atoms with E-state index in [1.165, 1.54) is 30.8 Å². The number of benzene rings is 2. The number of ether oxygens (including phenoxy) is 2. The number of methoxy groups -OCH3 is 1. The fourth-order valence-corrected chi connectivity index (χ4v) is 6.98. The van der Waals surface area contributed by atoms with Gasteiger partial charge in [-0.1, -0.05) is 11.6 Å². The molecule has 0 bridgehead atoms.